The molecule has 5 heteroatoms. The summed E-state index contributed by atoms with van der Waals surface area (Å²) >= 11 is 1.84. The number of para-hydroxylation sites is 2. The highest BCUT2D eigenvalue weighted by Crippen LogP contribution is 2.41. The number of fused-ring (bicyclic) bond motifs is 3. The normalized spacial score (nSPS) is 11.4. The van der Waals surface area contributed by atoms with E-state index in [0.717, 1.165) is 22.7 Å². The number of rotatable bonds is 10. The maximum Gasteiger partial charge on any atom is 0.189 e. The van der Waals surface area contributed by atoms with E-state index >= 15 is 0 Å². The van der Waals surface area contributed by atoms with Crippen molar-refractivity contribution in [1.82, 2.24) is 0 Å². The molecule has 0 aliphatic heterocycles. The van der Waals surface area contributed by atoms with Crippen molar-refractivity contribution in [1.29, 1.82) is 0 Å². The van der Waals surface area contributed by atoms with Gasteiger partial charge in [0.1, 0.15) is 21.8 Å². The predicted molar refractivity (Wildman–Crippen MR) is 229 cm³/mol. The van der Waals surface area contributed by atoms with Gasteiger partial charge in [-0.15, -0.1) is 11.3 Å². The topological polar surface area (TPSA) is 24.1 Å². The average molecular weight is 737 g/mol. The van der Waals surface area contributed by atoms with E-state index < -0.39 is 0 Å². The van der Waals surface area contributed by atoms with Gasteiger partial charge in [0.15, 0.2) is 29.4 Å². The maximum atomic E-state index is 3.84. The zero-order valence-electron chi connectivity index (χ0n) is 28.9. The van der Waals surface area contributed by atoms with Crippen LogP contribution in [0.3, 0.4) is 0 Å². The predicted octanol–water partition coefficient (Wildman–Crippen LogP) is 13.7. The van der Waals surface area contributed by atoms with Gasteiger partial charge in [0.2, 0.25) is 0 Å². The highest BCUT2D eigenvalue weighted by Gasteiger charge is 2.32. The quantitative estimate of drug-likeness (QED) is 0.137. The van der Waals surface area contributed by atoms with Crippen LogP contribution in [0, 0.1) is 0 Å². The summed E-state index contributed by atoms with van der Waals surface area (Å²) in [5.74, 6) is 0. The average Bonchev–Trinajstić information content (AvgIpc) is 3.58. The number of hydrogen-bond donors (Lipinski definition) is 2. The zero-order valence-corrected chi connectivity index (χ0v) is 31.3. The van der Waals surface area contributed by atoms with Crippen LogP contribution in [0.1, 0.15) is 0 Å². The number of benzene rings is 8. The molecule has 0 atom stereocenters. The van der Waals surface area contributed by atoms with E-state index in [1.165, 1.54) is 49.5 Å². The molecule has 0 radical (unpaired) electrons. The van der Waals surface area contributed by atoms with Crippen molar-refractivity contribution in [3.63, 3.8) is 0 Å². The van der Waals surface area contributed by atoms with Crippen LogP contribution in [0.25, 0.3) is 20.2 Å². The van der Waals surface area contributed by atoms with E-state index in [4.69, 9.17) is 0 Å². The lowest BCUT2D eigenvalue weighted by atomic mass is 10.1. The summed E-state index contributed by atoms with van der Waals surface area (Å²) in [5, 5.41) is 10.2. The van der Waals surface area contributed by atoms with Crippen LogP contribution in [0.4, 0.5) is 22.7 Å². The van der Waals surface area contributed by atoms with Crippen LogP contribution in [0.2, 0.25) is 0 Å². The third-order valence-electron chi connectivity index (χ3n) is 9.16. The van der Waals surface area contributed by atoms with Crippen molar-refractivity contribution in [3.8, 4) is 0 Å². The molecule has 0 aliphatic carbocycles. The maximum absolute atomic E-state index is 3.84. The summed E-state index contributed by atoms with van der Waals surface area (Å²) in [4.78, 5) is 7.74. The minimum atomic E-state index is -0.262. The Kier molecular flexibility index (Phi) is 9.44. The molecule has 53 heavy (non-hydrogen) atoms. The van der Waals surface area contributed by atoms with Gasteiger partial charge in [0.25, 0.3) is 0 Å². The van der Waals surface area contributed by atoms with Crippen molar-refractivity contribution in [2.45, 2.75) is 29.4 Å². The lowest BCUT2D eigenvalue weighted by Gasteiger charge is -2.14. The molecule has 1 heterocycles. The lowest BCUT2D eigenvalue weighted by Crippen LogP contribution is -2.07. The second-order valence-electron chi connectivity index (χ2n) is 12.6. The Morgan fingerprint density at radius 1 is 0.321 bits per heavy atom. The zero-order chi connectivity index (χ0) is 35.4. The van der Waals surface area contributed by atoms with Crippen molar-refractivity contribution >= 4 is 76.0 Å². The molecule has 0 unspecified atom stereocenters. The van der Waals surface area contributed by atoms with Crippen LogP contribution in [-0.4, -0.2) is 0 Å². The van der Waals surface area contributed by atoms with Crippen LogP contribution in [0.5, 0.6) is 0 Å². The molecule has 0 aliphatic rings. The van der Waals surface area contributed by atoms with E-state index in [2.05, 4.69) is 217 Å². The monoisotopic (exact) mass is 736 g/mol. The van der Waals surface area contributed by atoms with Gasteiger partial charge in [-0.2, -0.15) is 0 Å². The molecule has 1 aromatic heterocycles. The van der Waals surface area contributed by atoms with Crippen molar-refractivity contribution in [3.05, 3.63) is 206 Å². The summed E-state index contributed by atoms with van der Waals surface area (Å²) in [5.41, 5.74) is 4.39. The van der Waals surface area contributed by atoms with E-state index in [9.17, 15) is 0 Å². The van der Waals surface area contributed by atoms with Gasteiger partial charge < -0.3 is 10.6 Å². The molecule has 9 aromatic rings. The minimum absolute atomic E-state index is 0.262. The molecule has 0 saturated carbocycles. The standard InChI is InChI=1S/C48H36N2S3/c1-5-17-37(18-6-1)52(38-19-7-2-8-20-38)47-27-15-13-25-43(47)49-35-29-31-45-41(33-35)42-34-36(30-32-46(42)51-45)50-44-26-14-16-28-48(44)53(39-21-9-3-10-22-39)40-23-11-4-12-24-40/h1-34,49-50H/q+2. The summed E-state index contributed by atoms with van der Waals surface area (Å²) in [6.07, 6.45) is 0. The van der Waals surface area contributed by atoms with E-state index in [1.54, 1.807) is 0 Å². The summed E-state index contributed by atoms with van der Waals surface area (Å²) < 4.78 is 2.55. The Morgan fingerprint density at radius 2 is 0.642 bits per heavy atom. The Balaban J connectivity index is 1.07. The Labute approximate surface area is 320 Å². The Hall–Kier alpha value is -5.72. The molecule has 0 amide bonds. The molecule has 254 valence electrons. The fourth-order valence-electron chi connectivity index (χ4n) is 6.75. The van der Waals surface area contributed by atoms with E-state index in [1.807, 2.05) is 11.3 Å². The van der Waals surface area contributed by atoms with Crippen LogP contribution >= 0.6 is 11.3 Å². The molecule has 0 bridgehead atoms. The molecule has 0 saturated heterocycles. The number of hydrogen-bond acceptors (Lipinski definition) is 3. The summed E-state index contributed by atoms with van der Waals surface area (Å²) in [7, 11) is -0.525. The highest BCUT2D eigenvalue weighted by molar-refractivity contribution is 7.97. The van der Waals surface area contributed by atoms with Crippen LogP contribution < -0.4 is 10.6 Å². The van der Waals surface area contributed by atoms with Gasteiger partial charge >= 0.3 is 0 Å². The Bertz CT molecular complexity index is 2360. The molecule has 8 aromatic carbocycles. The summed E-state index contributed by atoms with van der Waals surface area (Å²) in [6, 6.07) is 74.4. The second-order valence-corrected chi connectivity index (χ2v) is 17.7. The highest BCUT2D eigenvalue weighted by atomic mass is 32.2. The number of nitrogens with one attached hydrogen (secondary N) is 2. The fraction of sp³-hybridized carbons (Fsp3) is 0. The van der Waals surface area contributed by atoms with Gasteiger partial charge in [-0.1, -0.05) is 97.1 Å². The molecule has 0 fully saturated rings. The van der Waals surface area contributed by atoms with Crippen molar-refractivity contribution < 1.29 is 0 Å². The van der Waals surface area contributed by atoms with E-state index in [0.29, 0.717) is 0 Å². The van der Waals surface area contributed by atoms with Gasteiger partial charge in [-0.3, -0.25) is 0 Å². The van der Waals surface area contributed by atoms with Crippen LogP contribution in [0.15, 0.2) is 236 Å². The first-order chi connectivity index (χ1) is 26.3. The SMILES string of the molecule is c1ccc([S+](c2ccccc2)c2ccccc2Nc2ccc3sc4ccc(Nc5ccccc5[S+](c5ccccc5)c5ccccc5)cc4c3c2)cc1. The van der Waals surface area contributed by atoms with Crippen molar-refractivity contribution in [2.24, 2.45) is 0 Å². The van der Waals surface area contributed by atoms with Crippen LogP contribution in [-0.2, 0) is 21.8 Å². The lowest BCUT2D eigenvalue weighted by molar-refractivity contribution is 1.31. The molecule has 9 rings (SSSR count). The van der Waals surface area contributed by atoms with Gasteiger partial charge in [0, 0.05) is 31.5 Å². The summed E-state index contributed by atoms with van der Waals surface area (Å²) in [6.45, 7) is 0. The molecule has 2 N–H and O–H groups in total. The largest absolute Gasteiger partial charge is 0.351 e. The second kappa shape index (κ2) is 15.1. The van der Waals surface area contributed by atoms with Gasteiger partial charge in [-0.25, -0.2) is 0 Å². The molecular formula is C48H36N2S3+2. The molecular weight excluding hydrogens is 701 g/mol. The smallest absolute Gasteiger partial charge is 0.189 e. The molecule has 0 spiro atoms. The third kappa shape index (κ3) is 6.95. The first kappa shape index (κ1) is 33.1. The fourth-order valence-corrected chi connectivity index (χ4v) is 12.2. The van der Waals surface area contributed by atoms with Gasteiger partial charge in [-0.05, 0) is 109 Å². The number of thiophene rings is 1. The van der Waals surface area contributed by atoms with Crippen molar-refractivity contribution in [2.75, 3.05) is 10.6 Å². The Morgan fingerprint density at radius 3 is 1.00 bits per heavy atom. The van der Waals surface area contributed by atoms with Gasteiger partial charge in [0.05, 0.1) is 11.4 Å². The third-order valence-corrected chi connectivity index (χ3v) is 14.9. The first-order valence-electron chi connectivity index (χ1n) is 17.7. The molecule has 2 nitrogen and oxygen atoms in total. The minimum Gasteiger partial charge on any atom is -0.351 e. The van der Waals surface area contributed by atoms with E-state index in [-0.39, 0.29) is 21.8 Å². The number of anilines is 4. The first-order valence-corrected chi connectivity index (χ1v) is 20.9.